The van der Waals surface area contributed by atoms with Crippen molar-refractivity contribution >= 4 is 11.6 Å². The quantitative estimate of drug-likeness (QED) is 0.701. The smallest absolute Gasteiger partial charge is 0.270 e. The van der Waals surface area contributed by atoms with Crippen LogP contribution in [0.2, 0.25) is 0 Å². The molecule has 0 atom stereocenters. The number of rotatable bonds is 5. The molecule has 25 heavy (non-hydrogen) atoms. The Balaban J connectivity index is 1.95. The Morgan fingerprint density at radius 2 is 2.16 bits per heavy atom. The molecule has 130 valence electrons. The zero-order valence-electron chi connectivity index (χ0n) is 14.3. The normalized spacial score (nSPS) is 11.2. The van der Waals surface area contributed by atoms with E-state index in [1.807, 2.05) is 20.8 Å². The number of carbonyl (C=O) groups is 1. The highest BCUT2D eigenvalue weighted by Gasteiger charge is 2.24. The molecule has 0 spiro atoms. The van der Waals surface area contributed by atoms with Gasteiger partial charge in [0, 0.05) is 24.9 Å². The fourth-order valence-corrected chi connectivity index (χ4v) is 2.46. The Hall–Kier alpha value is -3.03. The van der Waals surface area contributed by atoms with Crippen molar-refractivity contribution in [3.8, 4) is 0 Å². The lowest BCUT2D eigenvalue weighted by atomic mass is 10.2. The first kappa shape index (κ1) is 16.8. The minimum Gasteiger partial charge on any atom is -0.337 e. The van der Waals surface area contributed by atoms with Crippen molar-refractivity contribution in [2.45, 2.75) is 39.8 Å². The molecule has 0 N–H and O–H groups in total. The number of nitrogens with zero attached hydrogens (tertiary/aromatic N) is 5. The van der Waals surface area contributed by atoms with Crippen LogP contribution >= 0.6 is 0 Å². The molecule has 0 aromatic carbocycles. The van der Waals surface area contributed by atoms with Gasteiger partial charge in [0.05, 0.1) is 0 Å². The second kappa shape index (κ2) is 6.84. The highest BCUT2D eigenvalue weighted by molar-refractivity contribution is 5.93. The fraction of sp³-hybridized carbons (Fsp3) is 0.353. The summed E-state index contributed by atoms with van der Waals surface area (Å²) in [6, 6.07) is 5.06. The van der Waals surface area contributed by atoms with Gasteiger partial charge < -0.3 is 9.42 Å². The predicted octanol–water partition coefficient (Wildman–Crippen LogP) is 1.69. The Labute approximate surface area is 144 Å². The average molecular weight is 341 g/mol. The number of fused-ring (bicyclic) bond motifs is 1. The van der Waals surface area contributed by atoms with E-state index in [2.05, 4.69) is 15.1 Å². The molecule has 0 bridgehead atoms. The summed E-state index contributed by atoms with van der Waals surface area (Å²) in [4.78, 5) is 35.5. The van der Waals surface area contributed by atoms with E-state index in [-0.39, 0.29) is 18.2 Å². The summed E-state index contributed by atoms with van der Waals surface area (Å²) in [6.45, 7) is 5.78. The monoisotopic (exact) mass is 341 g/mol. The number of hydrogen-bond acceptors (Lipinski definition) is 6. The van der Waals surface area contributed by atoms with Crippen molar-refractivity contribution in [3.63, 3.8) is 0 Å². The van der Waals surface area contributed by atoms with Gasteiger partial charge in [0.2, 0.25) is 5.89 Å². The van der Waals surface area contributed by atoms with Crippen LogP contribution in [0.4, 0.5) is 0 Å². The van der Waals surface area contributed by atoms with E-state index in [0.717, 1.165) is 0 Å². The third-order valence-corrected chi connectivity index (χ3v) is 3.86. The third kappa shape index (κ3) is 3.28. The molecule has 0 saturated heterocycles. The summed E-state index contributed by atoms with van der Waals surface area (Å²) in [5.41, 5.74) is 0.0956. The number of aromatic nitrogens is 4. The molecule has 3 heterocycles. The Morgan fingerprint density at radius 3 is 2.84 bits per heavy atom. The van der Waals surface area contributed by atoms with Crippen molar-refractivity contribution in [3.05, 3.63) is 58.2 Å². The molecular weight excluding hydrogens is 322 g/mol. The molecular formula is C17H19N5O3. The van der Waals surface area contributed by atoms with Gasteiger partial charge in [-0.25, -0.2) is 4.98 Å². The summed E-state index contributed by atoms with van der Waals surface area (Å²) in [7, 11) is 0. The van der Waals surface area contributed by atoms with Crippen LogP contribution in [0.5, 0.6) is 0 Å². The first-order valence-corrected chi connectivity index (χ1v) is 8.10. The van der Waals surface area contributed by atoms with E-state index >= 15 is 0 Å². The number of carbonyl (C=O) groups excluding carboxylic acids is 1. The van der Waals surface area contributed by atoms with Crippen LogP contribution in [0.15, 0.2) is 39.9 Å². The van der Waals surface area contributed by atoms with Crippen LogP contribution in [0, 0.1) is 0 Å². The minimum absolute atomic E-state index is 0.00707. The highest BCUT2D eigenvalue weighted by atomic mass is 16.5. The molecule has 3 aromatic heterocycles. The fourth-order valence-electron chi connectivity index (χ4n) is 2.46. The summed E-state index contributed by atoms with van der Waals surface area (Å²) >= 11 is 0. The standard InChI is InChI=1S/C17H19N5O3/c1-4-13-19-15(25-20-13)10-22(11(2)3)17(24)12-9-18-14-7-5-6-8-21(14)16(12)23/h5-9,11H,4,10H2,1-3H3. The van der Waals surface area contributed by atoms with Gasteiger partial charge >= 0.3 is 0 Å². The Bertz CT molecular complexity index is 960. The minimum atomic E-state index is -0.415. The van der Waals surface area contributed by atoms with Gasteiger partial charge in [-0.1, -0.05) is 18.1 Å². The summed E-state index contributed by atoms with van der Waals surface area (Å²) < 4.78 is 6.52. The van der Waals surface area contributed by atoms with Gasteiger partial charge in [0.25, 0.3) is 11.5 Å². The average Bonchev–Trinajstić information content (AvgIpc) is 3.07. The maximum Gasteiger partial charge on any atom is 0.270 e. The maximum atomic E-state index is 12.9. The van der Waals surface area contributed by atoms with Crippen molar-refractivity contribution in [2.75, 3.05) is 0 Å². The topological polar surface area (TPSA) is 93.6 Å². The van der Waals surface area contributed by atoms with Gasteiger partial charge in [0.15, 0.2) is 5.82 Å². The maximum absolute atomic E-state index is 12.9. The number of pyridine rings is 1. The molecule has 8 nitrogen and oxygen atoms in total. The number of hydrogen-bond donors (Lipinski definition) is 0. The first-order chi connectivity index (χ1) is 12.0. The SMILES string of the molecule is CCc1noc(CN(C(=O)c2cnc3ccccn3c2=O)C(C)C)n1. The van der Waals surface area contributed by atoms with Crippen LogP contribution in [-0.2, 0) is 13.0 Å². The Morgan fingerprint density at radius 1 is 1.36 bits per heavy atom. The molecule has 8 heteroatoms. The third-order valence-electron chi connectivity index (χ3n) is 3.86. The first-order valence-electron chi connectivity index (χ1n) is 8.10. The second-order valence-electron chi connectivity index (χ2n) is 5.89. The van der Waals surface area contributed by atoms with Crippen LogP contribution in [0.3, 0.4) is 0 Å². The molecule has 1 amide bonds. The van der Waals surface area contributed by atoms with Gasteiger partial charge in [0.1, 0.15) is 17.8 Å². The van der Waals surface area contributed by atoms with Gasteiger partial charge in [-0.05, 0) is 26.0 Å². The second-order valence-corrected chi connectivity index (χ2v) is 5.89. The molecule has 0 aliphatic rings. The lowest BCUT2D eigenvalue weighted by Gasteiger charge is -2.24. The lowest BCUT2D eigenvalue weighted by Crippen LogP contribution is -2.39. The Kier molecular flexibility index (Phi) is 4.60. The largest absolute Gasteiger partial charge is 0.337 e. The van der Waals surface area contributed by atoms with E-state index in [1.165, 1.54) is 15.5 Å². The summed E-state index contributed by atoms with van der Waals surface area (Å²) in [6.07, 6.45) is 3.56. The zero-order valence-corrected chi connectivity index (χ0v) is 14.3. The summed E-state index contributed by atoms with van der Waals surface area (Å²) in [5, 5.41) is 3.84. The van der Waals surface area contributed by atoms with Gasteiger partial charge in [-0.2, -0.15) is 4.98 Å². The molecule has 0 aliphatic heterocycles. The molecule has 0 unspecified atom stereocenters. The van der Waals surface area contributed by atoms with Crippen molar-refractivity contribution in [2.24, 2.45) is 0 Å². The number of amides is 1. The van der Waals surface area contributed by atoms with E-state index in [0.29, 0.717) is 23.8 Å². The predicted molar refractivity (Wildman–Crippen MR) is 90.1 cm³/mol. The molecule has 3 rings (SSSR count). The number of aryl methyl sites for hydroxylation is 1. The molecule has 0 aliphatic carbocycles. The van der Waals surface area contributed by atoms with E-state index in [1.54, 1.807) is 24.4 Å². The molecule has 0 radical (unpaired) electrons. The highest BCUT2D eigenvalue weighted by Crippen LogP contribution is 2.11. The van der Waals surface area contributed by atoms with Gasteiger partial charge in [-0.3, -0.25) is 14.0 Å². The van der Waals surface area contributed by atoms with Crippen LogP contribution in [-0.4, -0.2) is 36.4 Å². The van der Waals surface area contributed by atoms with E-state index in [9.17, 15) is 9.59 Å². The van der Waals surface area contributed by atoms with Crippen LogP contribution < -0.4 is 5.56 Å². The van der Waals surface area contributed by atoms with E-state index in [4.69, 9.17) is 4.52 Å². The van der Waals surface area contributed by atoms with Crippen molar-refractivity contribution in [1.82, 2.24) is 24.4 Å². The van der Waals surface area contributed by atoms with Crippen LogP contribution in [0.25, 0.3) is 5.65 Å². The lowest BCUT2D eigenvalue weighted by molar-refractivity contribution is 0.0665. The van der Waals surface area contributed by atoms with Crippen molar-refractivity contribution in [1.29, 1.82) is 0 Å². The van der Waals surface area contributed by atoms with Crippen LogP contribution in [0.1, 0.15) is 42.8 Å². The van der Waals surface area contributed by atoms with E-state index < -0.39 is 11.5 Å². The molecule has 0 saturated carbocycles. The van der Waals surface area contributed by atoms with Gasteiger partial charge in [-0.15, -0.1) is 0 Å². The summed E-state index contributed by atoms with van der Waals surface area (Å²) in [5.74, 6) is 0.508. The molecule has 3 aromatic rings. The van der Waals surface area contributed by atoms with Crippen molar-refractivity contribution < 1.29 is 9.32 Å². The zero-order chi connectivity index (χ0) is 18.0. The molecule has 0 fully saturated rings.